The molecule has 0 saturated heterocycles. The summed E-state index contributed by atoms with van der Waals surface area (Å²) in [6.07, 6.45) is 11.7. The zero-order valence-corrected chi connectivity index (χ0v) is 19.7. The molecule has 4 rings (SSSR count). The van der Waals surface area contributed by atoms with E-state index in [2.05, 4.69) is 13.8 Å². The topological polar surface area (TPSA) is 9.23 Å². The van der Waals surface area contributed by atoms with Crippen molar-refractivity contribution in [2.75, 3.05) is 6.61 Å². The second-order valence-corrected chi connectivity index (χ2v) is 9.98. The summed E-state index contributed by atoms with van der Waals surface area (Å²) in [5, 5.41) is 0. The average Bonchev–Trinajstić information content (AvgIpc) is 3.39. The molecule has 1 nitrogen and oxygen atoms in total. The highest BCUT2D eigenvalue weighted by Gasteiger charge is 2.44. The van der Waals surface area contributed by atoms with Gasteiger partial charge in [0.05, 0.1) is 6.61 Å². The summed E-state index contributed by atoms with van der Waals surface area (Å²) in [5.74, 6) is 2.71. The van der Waals surface area contributed by atoms with E-state index in [1.165, 1.54) is 38.5 Å². The molecule has 2 aromatic carbocycles. The number of rotatable bonds is 10. The molecule has 2 aliphatic carbocycles. The van der Waals surface area contributed by atoms with E-state index in [-0.39, 0.29) is 0 Å². The Kier molecular flexibility index (Phi) is 7.86. The van der Waals surface area contributed by atoms with E-state index in [1.807, 2.05) is 24.3 Å². The lowest BCUT2D eigenvalue weighted by atomic mass is 9.87. The Morgan fingerprint density at radius 1 is 0.781 bits per heavy atom. The Balaban J connectivity index is 1.35. The largest absolute Gasteiger partial charge is 0.493 e. The van der Waals surface area contributed by atoms with Crippen LogP contribution in [-0.4, -0.2) is 6.61 Å². The Morgan fingerprint density at radius 3 is 2.22 bits per heavy atom. The zero-order chi connectivity index (χ0) is 22.5. The standard InChI is InChI=1S/C29H38F2O/c1-3-5-6-8-22-12-18-27(29(31)28(22)30)21-9-14-24(15-10-21)32-19-23-13-17-25-20(7-4-2)11-16-26(23)25/h9-10,12,14-15,18,20,23,25-26H,3-8,11,13,16-17,19H2,1-2H3. The third kappa shape index (κ3) is 5.02. The fourth-order valence-corrected chi connectivity index (χ4v) is 6.28. The van der Waals surface area contributed by atoms with Gasteiger partial charge in [0.1, 0.15) is 5.75 Å². The maximum atomic E-state index is 14.7. The minimum atomic E-state index is -0.743. The van der Waals surface area contributed by atoms with Crippen LogP contribution in [0.5, 0.6) is 5.75 Å². The van der Waals surface area contributed by atoms with Crippen LogP contribution >= 0.6 is 0 Å². The predicted molar refractivity (Wildman–Crippen MR) is 128 cm³/mol. The van der Waals surface area contributed by atoms with Crippen LogP contribution in [0.3, 0.4) is 0 Å². The van der Waals surface area contributed by atoms with Gasteiger partial charge in [-0.15, -0.1) is 0 Å². The first kappa shape index (κ1) is 23.3. The first-order chi connectivity index (χ1) is 15.6. The van der Waals surface area contributed by atoms with Gasteiger partial charge in [-0.1, -0.05) is 63.8 Å². The maximum absolute atomic E-state index is 14.7. The van der Waals surface area contributed by atoms with E-state index in [0.717, 1.165) is 49.4 Å². The zero-order valence-electron chi connectivity index (χ0n) is 19.7. The van der Waals surface area contributed by atoms with E-state index < -0.39 is 11.6 Å². The number of fused-ring (bicyclic) bond motifs is 1. The summed E-state index contributed by atoms with van der Waals surface area (Å²) in [4.78, 5) is 0. The number of unbranched alkanes of at least 4 members (excludes halogenated alkanes) is 2. The van der Waals surface area contributed by atoms with Crippen molar-refractivity contribution in [2.24, 2.45) is 23.7 Å². The molecule has 2 saturated carbocycles. The molecule has 174 valence electrons. The number of hydrogen-bond acceptors (Lipinski definition) is 1. The molecule has 4 atom stereocenters. The van der Waals surface area contributed by atoms with Crippen molar-refractivity contribution in [3.63, 3.8) is 0 Å². The molecule has 0 bridgehead atoms. The van der Waals surface area contributed by atoms with E-state index in [4.69, 9.17) is 4.74 Å². The van der Waals surface area contributed by atoms with Crippen molar-refractivity contribution in [1.82, 2.24) is 0 Å². The fraction of sp³-hybridized carbons (Fsp3) is 0.586. The Bertz CT molecular complexity index is 875. The van der Waals surface area contributed by atoms with Gasteiger partial charge in [0.25, 0.3) is 0 Å². The molecule has 0 aromatic heterocycles. The summed E-state index contributed by atoms with van der Waals surface area (Å²) >= 11 is 0. The smallest absolute Gasteiger partial charge is 0.166 e. The molecule has 0 amide bonds. The molecule has 0 heterocycles. The van der Waals surface area contributed by atoms with E-state index in [1.54, 1.807) is 12.1 Å². The molecular weight excluding hydrogens is 402 g/mol. The van der Waals surface area contributed by atoms with Crippen LogP contribution in [0.2, 0.25) is 0 Å². The third-order valence-corrected chi connectivity index (χ3v) is 8.00. The van der Waals surface area contributed by atoms with Gasteiger partial charge in [0.15, 0.2) is 11.6 Å². The number of ether oxygens (including phenoxy) is 1. The van der Waals surface area contributed by atoms with Crippen LogP contribution < -0.4 is 4.74 Å². The van der Waals surface area contributed by atoms with Crippen LogP contribution in [0.1, 0.15) is 77.2 Å². The highest BCUT2D eigenvalue weighted by atomic mass is 19.2. The van der Waals surface area contributed by atoms with Crippen LogP contribution in [-0.2, 0) is 6.42 Å². The molecule has 0 aliphatic heterocycles. The predicted octanol–water partition coefficient (Wildman–Crippen LogP) is 8.60. The summed E-state index contributed by atoms with van der Waals surface area (Å²) in [6, 6.07) is 10.9. The van der Waals surface area contributed by atoms with Gasteiger partial charge in [-0.05, 0) is 85.5 Å². The second kappa shape index (κ2) is 10.8. The average molecular weight is 441 g/mol. The Hall–Kier alpha value is -1.90. The molecule has 2 aliphatic rings. The van der Waals surface area contributed by atoms with Gasteiger partial charge in [0, 0.05) is 5.56 Å². The van der Waals surface area contributed by atoms with Crippen LogP contribution in [0.25, 0.3) is 11.1 Å². The quantitative estimate of drug-likeness (QED) is 0.336. The number of hydrogen-bond donors (Lipinski definition) is 0. The normalized spacial score (nSPS) is 24.6. The minimum Gasteiger partial charge on any atom is -0.493 e. The van der Waals surface area contributed by atoms with Crippen molar-refractivity contribution in [3.8, 4) is 16.9 Å². The van der Waals surface area contributed by atoms with Crippen LogP contribution in [0, 0.1) is 35.3 Å². The van der Waals surface area contributed by atoms with Crippen molar-refractivity contribution < 1.29 is 13.5 Å². The van der Waals surface area contributed by atoms with Crippen LogP contribution in [0.4, 0.5) is 8.78 Å². The van der Waals surface area contributed by atoms with Crippen LogP contribution in [0.15, 0.2) is 36.4 Å². The van der Waals surface area contributed by atoms with E-state index >= 15 is 0 Å². The SMILES string of the molecule is CCCCCc1ccc(-c2ccc(OCC3CCC4C(CCC)CCC34)cc2)c(F)c1F. The Morgan fingerprint density at radius 2 is 1.50 bits per heavy atom. The van der Waals surface area contributed by atoms with E-state index in [0.29, 0.717) is 29.0 Å². The first-order valence-electron chi connectivity index (χ1n) is 12.8. The van der Waals surface area contributed by atoms with Crippen molar-refractivity contribution in [1.29, 1.82) is 0 Å². The van der Waals surface area contributed by atoms with Gasteiger partial charge in [0.2, 0.25) is 0 Å². The minimum absolute atomic E-state index is 0.319. The van der Waals surface area contributed by atoms with Gasteiger partial charge < -0.3 is 4.74 Å². The van der Waals surface area contributed by atoms with Crippen molar-refractivity contribution >= 4 is 0 Å². The van der Waals surface area contributed by atoms with Gasteiger partial charge in [-0.3, -0.25) is 0 Å². The molecule has 0 radical (unpaired) electrons. The van der Waals surface area contributed by atoms with Gasteiger partial charge in [-0.25, -0.2) is 8.78 Å². The lowest BCUT2D eigenvalue weighted by Crippen LogP contribution is -2.18. The van der Waals surface area contributed by atoms with Crippen molar-refractivity contribution in [2.45, 2.75) is 78.1 Å². The number of aryl methyl sites for hydroxylation is 1. The lowest BCUT2D eigenvalue weighted by Gasteiger charge is -2.21. The van der Waals surface area contributed by atoms with E-state index in [9.17, 15) is 8.78 Å². The molecule has 0 N–H and O–H groups in total. The first-order valence-corrected chi connectivity index (χ1v) is 12.8. The molecule has 4 unspecified atom stereocenters. The summed E-state index contributed by atoms with van der Waals surface area (Å²) < 4.78 is 35.4. The monoisotopic (exact) mass is 440 g/mol. The van der Waals surface area contributed by atoms with Gasteiger partial charge in [-0.2, -0.15) is 0 Å². The highest BCUT2D eigenvalue weighted by molar-refractivity contribution is 5.65. The molecule has 32 heavy (non-hydrogen) atoms. The van der Waals surface area contributed by atoms with Crippen molar-refractivity contribution in [3.05, 3.63) is 53.6 Å². The highest BCUT2D eigenvalue weighted by Crippen LogP contribution is 2.52. The molecule has 2 fully saturated rings. The molecule has 3 heteroatoms. The third-order valence-electron chi connectivity index (χ3n) is 8.00. The number of halogens is 2. The lowest BCUT2D eigenvalue weighted by molar-refractivity contribution is 0.201. The molecular formula is C29H38F2O. The Labute approximate surface area is 192 Å². The fourth-order valence-electron chi connectivity index (χ4n) is 6.28. The summed E-state index contributed by atoms with van der Waals surface area (Å²) in [6.45, 7) is 5.18. The summed E-state index contributed by atoms with van der Waals surface area (Å²) in [7, 11) is 0. The second-order valence-electron chi connectivity index (χ2n) is 9.98. The number of benzene rings is 2. The molecule has 2 aromatic rings. The molecule has 0 spiro atoms. The maximum Gasteiger partial charge on any atom is 0.166 e. The summed E-state index contributed by atoms with van der Waals surface area (Å²) in [5.41, 5.74) is 1.48. The van der Waals surface area contributed by atoms with Gasteiger partial charge >= 0.3 is 0 Å².